The fourth-order valence-electron chi connectivity index (χ4n) is 1.17. The molecule has 2 heteroatoms. The molecule has 0 spiro atoms. The van der Waals surface area contributed by atoms with Gasteiger partial charge < -0.3 is 0 Å². The van der Waals surface area contributed by atoms with Crippen molar-refractivity contribution < 1.29 is 0 Å². The lowest BCUT2D eigenvalue weighted by Crippen LogP contribution is -1.87. The number of nitrogens with zero attached hydrogens (tertiary/aromatic N) is 2. The number of rotatable bonds is 0. The van der Waals surface area contributed by atoms with E-state index in [0.717, 1.165) is 11.4 Å². The maximum Gasteiger partial charge on any atom is 0.0883 e. The molecule has 1 aromatic rings. The predicted octanol–water partition coefficient (Wildman–Crippen LogP) is 3.18. The first-order chi connectivity index (χ1) is 6.86. The Labute approximate surface area is 85.4 Å². The topological polar surface area (TPSA) is 25.8 Å². The van der Waals surface area contributed by atoms with Gasteiger partial charge in [0.05, 0.1) is 11.4 Å². The Morgan fingerprint density at radius 2 is 1.36 bits per heavy atom. The van der Waals surface area contributed by atoms with Crippen molar-refractivity contribution in [3.05, 3.63) is 35.9 Å². The molecule has 1 aliphatic carbocycles. The van der Waals surface area contributed by atoms with Crippen molar-refractivity contribution in [2.45, 2.75) is 20.8 Å². The summed E-state index contributed by atoms with van der Waals surface area (Å²) in [6.07, 6.45) is 11.7. The Morgan fingerprint density at radius 1 is 0.929 bits per heavy atom. The first kappa shape index (κ1) is 10.6. The van der Waals surface area contributed by atoms with Crippen LogP contribution in [0.2, 0.25) is 0 Å². The summed E-state index contributed by atoms with van der Waals surface area (Å²) in [4.78, 5) is 8.43. The molecule has 0 amide bonds. The van der Waals surface area contributed by atoms with Gasteiger partial charge in [0.1, 0.15) is 0 Å². The van der Waals surface area contributed by atoms with Crippen LogP contribution < -0.4 is 0 Å². The van der Waals surface area contributed by atoms with Crippen LogP contribution in [0.4, 0.5) is 0 Å². The van der Waals surface area contributed by atoms with E-state index in [4.69, 9.17) is 0 Å². The van der Waals surface area contributed by atoms with Crippen molar-refractivity contribution in [1.29, 1.82) is 0 Å². The Hall–Kier alpha value is -1.44. The molecule has 74 valence electrons. The standard InChI is InChI=1S/C10H10N2.C2H6/c1-8-2-4-9-10(5-3-8)12-7-6-11-9;1-2/h2-8H,1H3;1-2H3. The Morgan fingerprint density at radius 3 is 1.79 bits per heavy atom. The van der Waals surface area contributed by atoms with E-state index in [0.29, 0.717) is 5.92 Å². The molecule has 1 aromatic heterocycles. The van der Waals surface area contributed by atoms with Crippen LogP contribution in [0.5, 0.6) is 0 Å². The summed E-state index contributed by atoms with van der Waals surface area (Å²) in [5.41, 5.74) is 1.91. The fraction of sp³-hybridized carbons (Fsp3) is 0.333. The predicted molar refractivity (Wildman–Crippen MR) is 60.6 cm³/mol. The first-order valence-corrected chi connectivity index (χ1v) is 5.03. The van der Waals surface area contributed by atoms with Crippen LogP contribution in [-0.4, -0.2) is 9.97 Å². The van der Waals surface area contributed by atoms with Crippen molar-refractivity contribution >= 4 is 12.2 Å². The number of hydrogen-bond donors (Lipinski definition) is 0. The molecular weight excluding hydrogens is 172 g/mol. The maximum absolute atomic E-state index is 4.21. The third kappa shape index (κ3) is 2.52. The summed E-state index contributed by atoms with van der Waals surface area (Å²) >= 11 is 0. The molecule has 2 nitrogen and oxygen atoms in total. The Bertz CT molecular complexity index is 307. The van der Waals surface area contributed by atoms with Gasteiger partial charge in [0.2, 0.25) is 0 Å². The van der Waals surface area contributed by atoms with Crippen LogP contribution in [0.1, 0.15) is 32.2 Å². The van der Waals surface area contributed by atoms with Crippen molar-refractivity contribution in [3.63, 3.8) is 0 Å². The second-order valence-electron chi connectivity index (χ2n) is 2.90. The van der Waals surface area contributed by atoms with Crippen molar-refractivity contribution in [2.75, 3.05) is 0 Å². The lowest BCUT2D eigenvalue weighted by molar-refractivity contribution is 0.953. The van der Waals surface area contributed by atoms with Gasteiger partial charge in [-0.3, -0.25) is 9.97 Å². The molecular formula is C12H16N2. The highest BCUT2D eigenvalue weighted by Gasteiger charge is 2.02. The van der Waals surface area contributed by atoms with E-state index in [1.54, 1.807) is 12.4 Å². The highest BCUT2D eigenvalue weighted by atomic mass is 14.8. The SMILES string of the molecule is CC.CC1C=Cc2nccnc2C=C1. The van der Waals surface area contributed by atoms with Crippen LogP contribution in [0.3, 0.4) is 0 Å². The minimum Gasteiger partial charge on any atom is -0.253 e. The normalized spacial score (nSPS) is 13.9. The quantitative estimate of drug-likeness (QED) is 0.625. The first-order valence-electron chi connectivity index (χ1n) is 5.03. The molecule has 0 N–H and O–H groups in total. The summed E-state index contributed by atoms with van der Waals surface area (Å²) in [6, 6.07) is 0. The number of fused-ring (bicyclic) bond motifs is 1. The molecule has 0 saturated heterocycles. The van der Waals surface area contributed by atoms with E-state index >= 15 is 0 Å². The summed E-state index contributed by atoms with van der Waals surface area (Å²) in [5.74, 6) is 0.473. The van der Waals surface area contributed by atoms with E-state index < -0.39 is 0 Å². The van der Waals surface area contributed by atoms with Crippen LogP contribution in [0.25, 0.3) is 12.2 Å². The van der Waals surface area contributed by atoms with Crippen molar-refractivity contribution in [3.8, 4) is 0 Å². The molecule has 0 atom stereocenters. The number of aromatic nitrogens is 2. The van der Waals surface area contributed by atoms with Crippen molar-refractivity contribution in [1.82, 2.24) is 9.97 Å². The molecule has 0 saturated carbocycles. The summed E-state index contributed by atoms with van der Waals surface area (Å²) in [5, 5.41) is 0. The Kier molecular flexibility index (Phi) is 4.05. The number of allylic oxidation sites excluding steroid dienone is 2. The third-order valence-electron chi connectivity index (χ3n) is 1.87. The smallest absolute Gasteiger partial charge is 0.0883 e. The highest BCUT2D eigenvalue weighted by molar-refractivity contribution is 5.61. The zero-order valence-electron chi connectivity index (χ0n) is 8.94. The van der Waals surface area contributed by atoms with Crippen LogP contribution >= 0.6 is 0 Å². The minimum absolute atomic E-state index is 0.473. The van der Waals surface area contributed by atoms with Gasteiger partial charge in [-0.15, -0.1) is 0 Å². The zero-order chi connectivity index (χ0) is 10.4. The van der Waals surface area contributed by atoms with Gasteiger partial charge >= 0.3 is 0 Å². The monoisotopic (exact) mass is 188 g/mol. The van der Waals surface area contributed by atoms with Gasteiger partial charge in [-0.2, -0.15) is 0 Å². The van der Waals surface area contributed by atoms with Gasteiger partial charge in [-0.25, -0.2) is 0 Å². The average molecular weight is 188 g/mol. The second kappa shape index (κ2) is 5.32. The van der Waals surface area contributed by atoms with Gasteiger partial charge in [-0.1, -0.05) is 32.9 Å². The lowest BCUT2D eigenvalue weighted by Gasteiger charge is -1.94. The van der Waals surface area contributed by atoms with Crippen molar-refractivity contribution in [2.24, 2.45) is 5.92 Å². The molecule has 0 radical (unpaired) electrons. The zero-order valence-corrected chi connectivity index (χ0v) is 8.94. The molecule has 0 aromatic carbocycles. The molecule has 1 heterocycles. The van der Waals surface area contributed by atoms with E-state index in [9.17, 15) is 0 Å². The van der Waals surface area contributed by atoms with Gasteiger partial charge in [0.25, 0.3) is 0 Å². The Balaban J connectivity index is 0.000000461. The minimum atomic E-state index is 0.473. The third-order valence-corrected chi connectivity index (χ3v) is 1.87. The largest absolute Gasteiger partial charge is 0.253 e. The molecule has 14 heavy (non-hydrogen) atoms. The molecule has 2 rings (SSSR count). The van der Waals surface area contributed by atoms with Crippen LogP contribution in [-0.2, 0) is 0 Å². The molecule has 0 fully saturated rings. The van der Waals surface area contributed by atoms with E-state index in [2.05, 4.69) is 29.0 Å². The van der Waals surface area contributed by atoms with E-state index in [-0.39, 0.29) is 0 Å². The molecule has 0 bridgehead atoms. The average Bonchev–Trinajstić information content (AvgIpc) is 2.45. The molecule has 1 aliphatic rings. The van der Waals surface area contributed by atoms with E-state index in [1.165, 1.54) is 0 Å². The van der Waals surface area contributed by atoms with Crippen LogP contribution in [0, 0.1) is 5.92 Å². The summed E-state index contributed by atoms with van der Waals surface area (Å²) in [6.45, 7) is 6.14. The number of hydrogen-bond acceptors (Lipinski definition) is 2. The maximum atomic E-state index is 4.21. The molecule has 0 unspecified atom stereocenters. The highest BCUT2D eigenvalue weighted by Crippen LogP contribution is 2.14. The van der Waals surface area contributed by atoms with Crippen LogP contribution in [0.15, 0.2) is 24.5 Å². The summed E-state index contributed by atoms with van der Waals surface area (Å²) in [7, 11) is 0. The van der Waals surface area contributed by atoms with Gasteiger partial charge in [-0.05, 0) is 18.1 Å². The lowest BCUT2D eigenvalue weighted by atomic mass is 10.2. The fourth-order valence-corrected chi connectivity index (χ4v) is 1.17. The second-order valence-corrected chi connectivity index (χ2v) is 2.90. The van der Waals surface area contributed by atoms with Gasteiger partial charge in [0, 0.05) is 12.4 Å². The van der Waals surface area contributed by atoms with Gasteiger partial charge in [0.15, 0.2) is 0 Å². The molecule has 0 aliphatic heterocycles. The van der Waals surface area contributed by atoms with E-state index in [1.807, 2.05) is 26.0 Å². The summed E-state index contributed by atoms with van der Waals surface area (Å²) < 4.78 is 0.